The molecular formula is C19H31N3O6. The molecule has 0 aliphatic rings. The van der Waals surface area contributed by atoms with Crippen LogP contribution in [0.3, 0.4) is 0 Å². The lowest BCUT2D eigenvalue weighted by Gasteiger charge is -2.23. The number of hydrogen-bond acceptors (Lipinski definition) is 7. The molecule has 0 spiro atoms. The highest BCUT2D eigenvalue weighted by molar-refractivity contribution is 5.78. The fraction of sp³-hybridized carbons (Fsp3) is 0.632. The highest BCUT2D eigenvalue weighted by Gasteiger charge is 2.16. The Morgan fingerprint density at radius 2 is 1.93 bits per heavy atom. The van der Waals surface area contributed by atoms with Crippen molar-refractivity contribution in [2.45, 2.75) is 51.9 Å². The van der Waals surface area contributed by atoms with Crippen LogP contribution in [0.1, 0.15) is 33.3 Å². The zero-order chi connectivity index (χ0) is 21.3. The maximum atomic E-state index is 12.2. The summed E-state index contributed by atoms with van der Waals surface area (Å²) in [5.74, 6) is 0.434. The Kier molecular flexibility index (Phi) is 9.14. The molecule has 0 radical (unpaired) electrons. The molecule has 1 aromatic rings. The first kappa shape index (κ1) is 23.6. The summed E-state index contributed by atoms with van der Waals surface area (Å²) in [7, 11) is 1.58. The Balaban J connectivity index is 2.43. The van der Waals surface area contributed by atoms with Gasteiger partial charge >= 0.3 is 0 Å². The molecule has 1 aromatic carbocycles. The Morgan fingerprint density at radius 1 is 1.32 bits per heavy atom. The second-order valence-electron chi connectivity index (χ2n) is 7.83. The molecule has 0 saturated carbocycles. The summed E-state index contributed by atoms with van der Waals surface area (Å²) in [6, 6.07) is 7.03. The van der Waals surface area contributed by atoms with E-state index < -0.39 is 17.3 Å². The molecule has 0 aromatic heterocycles. The van der Waals surface area contributed by atoms with Gasteiger partial charge in [0, 0.05) is 25.7 Å². The summed E-state index contributed by atoms with van der Waals surface area (Å²) < 4.78 is 5.56. The van der Waals surface area contributed by atoms with Crippen LogP contribution in [-0.4, -0.2) is 65.5 Å². The summed E-state index contributed by atoms with van der Waals surface area (Å²) in [6.07, 6.45) is -1.16. The highest BCUT2D eigenvalue weighted by Crippen LogP contribution is 2.14. The first-order valence-corrected chi connectivity index (χ1v) is 9.16. The SMILES string of the molecule is CC(CN(C)C(=O)Cc1ccc(OCC(O)CNC(C)(C)C)cc1)O[N+](=O)[O-]. The molecule has 0 saturated heterocycles. The van der Waals surface area contributed by atoms with Crippen LogP contribution in [0.2, 0.25) is 0 Å². The maximum Gasteiger partial charge on any atom is 0.294 e. The van der Waals surface area contributed by atoms with E-state index >= 15 is 0 Å². The minimum Gasteiger partial charge on any atom is -0.491 e. The number of aliphatic hydroxyl groups excluding tert-OH is 1. The van der Waals surface area contributed by atoms with Gasteiger partial charge in [0.1, 0.15) is 24.6 Å². The average Bonchev–Trinajstić information content (AvgIpc) is 2.57. The summed E-state index contributed by atoms with van der Waals surface area (Å²) in [5.41, 5.74) is 0.720. The fourth-order valence-electron chi connectivity index (χ4n) is 2.36. The molecule has 1 rings (SSSR count). The Labute approximate surface area is 165 Å². The minimum atomic E-state index is -0.863. The number of likely N-dealkylation sites (N-methyl/N-ethyl adjacent to an activating group) is 1. The molecule has 0 aliphatic heterocycles. The number of hydrogen-bond donors (Lipinski definition) is 2. The van der Waals surface area contributed by atoms with Gasteiger partial charge in [-0.3, -0.25) is 4.79 Å². The predicted molar refractivity (Wildman–Crippen MR) is 105 cm³/mol. The number of benzene rings is 1. The summed E-state index contributed by atoms with van der Waals surface area (Å²) in [4.78, 5) is 28.3. The van der Waals surface area contributed by atoms with Gasteiger partial charge < -0.3 is 24.9 Å². The number of carbonyl (C=O) groups excluding carboxylic acids is 1. The van der Waals surface area contributed by atoms with E-state index in [-0.39, 0.29) is 31.0 Å². The van der Waals surface area contributed by atoms with Crippen LogP contribution in [0.4, 0.5) is 0 Å². The maximum absolute atomic E-state index is 12.2. The van der Waals surface area contributed by atoms with Gasteiger partial charge in [-0.2, -0.15) is 0 Å². The molecule has 1 amide bonds. The van der Waals surface area contributed by atoms with Crippen LogP contribution in [0.15, 0.2) is 24.3 Å². The minimum absolute atomic E-state index is 0.0738. The van der Waals surface area contributed by atoms with Gasteiger partial charge in [-0.25, -0.2) is 0 Å². The lowest BCUT2D eigenvalue weighted by molar-refractivity contribution is -0.767. The molecule has 0 bridgehead atoms. The van der Waals surface area contributed by atoms with E-state index in [0.29, 0.717) is 12.3 Å². The molecule has 158 valence electrons. The zero-order valence-electron chi connectivity index (χ0n) is 17.2. The molecule has 9 heteroatoms. The van der Waals surface area contributed by atoms with Crippen LogP contribution in [0.5, 0.6) is 5.75 Å². The molecule has 0 aliphatic carbocycles. The highest BCUT2D eigenvalue weighted by atomic mass is 17.0. The number of rotatable bonds is 11. The van der Waals surface area contributed by atoms with E-state index in [1.165, 1.54) is 11.8 Å². The molecule has 2 unspecified atom stereocenters. The van der Waals surface area contributed by atoms with Gasteiger partial charge in [0.15, 0.2) is 0 Å². The number of amides is 1. The Bertz CT molecular complexity index is 630. The van der Waals surface area contributed by atoms with Gasteiger partial charge in [-0.05, 0) is 45.4 Å². The molecule has 28 heavy (non-hydrogen) atoms. The third-order valence-electron chi connectivity index (χ3n) is 3.81. The molecular weight excluding hydrogens is 366 g/mol. The normalized spacial score (nSPS) is 13.5. The lowest BCUT2D eigenvalue weighted by atomic mass is 10.1. The Hall–Kier alpha value is -2.39. The van der Waals surface area contributed by atoms with Crippen LogP contribution < -0.4 is 10.1 Å². The number of aliphatic hydroxyl groups is 1. The lowest BCUT2D eigenvalue weighted by Crippen LogP contribution is -2.42. The van der Waals surface area contributed by atoms with Crippen molar-refractivity contribution in [2.24, 2.45) is 0 Å². The van der Waals surface area contributed by atoms with E-state index in [1.54, 1.807) is 31.3 Å². The third-order valence-corrected chi connectivity index (χ3v) is 3.81. The quantitative estimate of drug-likeness (QED) is 0.429. The van der Waals surface area contributed by atoms with E-state index in [2.05, 4.69) is 10.2 Å². The molecule has 0 fully saturated rings. The van der Waals surface area contributed by atoms with Crippen molar-refractivity contribution in [3.63, 3.8) is 0 Å². The second kappa shape index (κ2) is 10.8. The van der Waals surface area contributed by atoms with E-state index in [0.717, 1.165) is 5.56 Å². The zero-order valence-corrected chi connectivity index (χ0v) is 17.2. The predicted octanol–water partition coefficient (Wildman–Crippen LogP) is 1.41. The van der Waals surface area contributed by atoms with Crippen molar-refractivity contribution in [3.05, 3.63) is 39.9 Å². The third kappa shape index (κ3) is 10.1. The van der Waals surface area contributed by atoms with Crippen molar-refractivity contribution in [1.29, 1.82) is 0 Å². The molecule has 2 atom stereocenters. The van der Waals surface area contributed by atoms with E-state index in [9.17, 15) is 20.0 Å². The number of β-amino-alcohol motifs (C(OH)–C–C–N with tert-alkyl or cyclic N) is 1. The number of carbonyl (C=O) groups is 1. The molecule has 9 nitrogen and oxygen atoms in total. The van der Waals surface area contributed by atoms with Crippen LogP contribution in [0.25, 0.3) is 0 Å². The smallest absolute Gasteiger partial charge is 0.294 e. The molecule has 0 heterocycles. The largest absolute Gasteiger partial charge is 0.491 e. The van der Waals surface area contributed by atoms with E-state index in [1.807, 2.05) is 20.8 Å². The summed E-state index contributed by atoms with van der Waals surface area (Å²) in [6.45, 7) is 8.32. The van der Waals surface area contributed by atoms with Gasteiger partial charge in [-0.15, -0.1) is 10.1 Å². The van der Waals surface area contributed by atoms with Crippen molar-refractivity contribution in [1.82, 2.24) is 10.2 Å². The Morgan fingerprint density at radius 3 is 2.46 bits per heavy atom. The van der Waals surface area contributed by atoms with Crippen molar-refractivity contribution in [3.8, 4) is 5.75 Å². The van der Waals surface area contributed by atoms with Crippen molar-refractivity contribution >= 4 is 5.91 Å². The van der Waals surface area contributed by atoms with Crippen molar-refractivity contribution in [2.75, 3.05) is 26.7 Å². The van der Waals surface area contributed by atoms with Crippen LogP contribution in [0, 0.1) is 10.1 Å². The second-order valence-corrected chi connectivity index (χ2v) is 7.83. The summed E-state index contributed by atoms with van der Waals surface area (Å²) in [5, 5.41) is 22.6. The topological polar surface area (TPSA) is 114 Å². The number of nitrogens with one attached hydrogen (secondary N) is 1. The van der Waals surface area contributed by atoms with Crippen molar-refractivity contribution < 1.29 is 24.6 Å². The van der Waals surface area contributed by atoms with E-state index in [4.69, 9.17) is 4.74 Å². The molecule has 2 N–H and O–H groups in total. The first-order valence-electron chi connectivity index (χ1n) is 9.16. The van der Waals surface area contributed by atoms with Gasteiger partial charge in [0.25, 0.3) is 5.09 Å². The van der Waals surface area contributed by atoms with Crippen LogP contribution in [-0.2, 0) is 16.1 Å². The standard InChI is InChI=1S/C19H31N3O6/c1-14(28-22(25)26)12-21(5)18(24)10-15-6-8-17(9-7-15)27-13-16(23)11-20-19(2,3)4/h6-9,14,16,20,23H,10-13H2,1-5H3. The fourth-order valence-corrected chi connectivity index (χ4v) is 2.36. The van der Waals surface area contributed by atoms with Gasteiger partial charge in [0.2, 0.25) is 5.91 Å². The summed E-state index contributed by atoms with van der Waals surface area (Å²) >= 11 is 0. The number of nitrogens with zero attached hydrogens (tertiary/aromatic N) is 2. The number of ether oxygens (including phenoxy) is 1. The average molecular weight is 397 g/mol. The van der Waals surface area contributed by atoms with Gasteiger partial charge in [-0.1, -0.05) is 12.1 Å². The first-order chi connectivity index (χ1) is 13.0. The van der Waals surface area contributed by atoms with Gasteiger partial charge in [0.05, 0.1) is 6.42 Å². The monoisotopic (exact) mass is 397 g/mol. The van der Waals surface area contributed by atoms with Crippen LogP contribution >= 0.6 is 0 Å².